The van der Waals surface area contributed by atoms with Gasteiger partial charge in [-0.2, -0.15) is 0 Å². The summed E-state index contributed by atoms with van der Waals surface area (Å²) >= 11 is 0. The first-order valence-corrected chi connectivity index (χ1v) is 9.71. The van der Waals surface area contributed by atoms with Gasteiger partial charge in [0.15, 0.2) is 11.5 Å². The monoisotopic (exact) mass is 382 g/mol. The number of nitrogens with one attached hydrogen (secondary N) is 2. The molecule has 6 heteroatoms. The van der Waals surface area contributed by atoms with E-state index in [0.717, 1.165) is 24.1 Å². The first-order chi connectivity index (χ1) is 13.6. The highest BCUT2D eigenvalue weighted by Crippen LogP contribution is 2.35. The van der Waals surface area contributed by atoms with E-state index in [1.54, 1.807) is 18.2 Å². The van der Waals surface area contributed by atoms with E-state index in [2.05, 4.69) is 10.6 Å². The van der Waals surface area contributed by atoms with E-state index in [1.807, 2.05) is 38.1 Å². The lowest BCUT2D eigenvalue weighted by Gasteiger charge is -2.15. The molecular weight excluding hydrogens is 356 g/mol. The van der Waals surface area contributed by atoms with Crippen molar-refractivity contribution in [2.24, 2.45) is 0 Å². The summed E-state index contributed by atoms with van der Waals surface area (Å²) in [7, 11) is 0. The van der Waals surface area contributed by atoms with Crippen molar-refractivity contribution < 1.29 is 19.1 Å². The Morgan fingerprint density at radius 1 is 1.04 bits per heavy atom. The number of rotatable bonds is 9. The Hall–Kier alpha value is -3.02. The third-order valence-electron chi connectivity index (χ3n) is 4.45. The molecule has 2 amide bonds. The predicted molar refractivity (Wildman–Crippen MR) is 109 cm³/mol. The normalized spacial score (nSPS) is 14.9. The van der Waals surface area contributed by atoms with Crippen LogP contribution in [0.1, 0.15) is 44.6 Å². The van der Waals surface area contributed by atoms with Gasteiger partial charge in [-0.05, 0) is 36.6 Å². The molecule has 0 radical (unpaired) electrons. The fourth-order valence-corrected chi connectivity index (χ4v) is 3.12. The summed E-state index contributed by atoms with van der Waals surface area (Å²) in [6.45, 7) is 5.24. The summed E-state index contributed by atoms with van der Waals surface area (Å²) in [5, 5.41) is 5.69. The summed E-state index contributed by atoms with van der Waals surface area (Å²) < 4.78 is 11.5. The zero-order chi connectivity index (χ0) is 19.9. The second-order valence-corrected chi connectivity index (χ2v) is 6.74. The molecule has 2 aromatic rings. The van der Waals surface area contributed by atoms with Crippen molar-refractivity contribution in [2.75, 3.05) is 23.8 Å². The number of amides is 2. The molecule has 0 aromatic heterocycles. The fourth-order valence-electron chi connectivity index (χ4n) is 3.12. The van der Waals surface area contributed by atoms with Crippen LogP contribution in [0.25, 0.3) is 0 Å². The smallest absolute Gasteiger partial charge is 0.232 e. The van der Waals surface area contributed by atoms with E-state index in [4.69, 9.17) is 9.47 Å². The maximum Gasteiger partial charge on any atom is 0.232 e. The molecule has 0 aliphatic carbocycles. The molecule has 0 spiro atoms. The fraction of sp³-hybridized carbons (Fsp3) is 0.364. The first-order valence-electron chi connectivity index (χ1n) is 9.71. The molecule has 0 saturated carbocycles. The molecule has 0 bridgehead atoms. The van der Waals surface area contributed by atoms with E-state index in [0.29, 0.717) is 30.4 Å². The number of carbonyl (C=O) groups is 2. The minimum Gasteiger partial charge on any atom is -0.490 e. The minimum atomic E-state index is -0.473. The molecule has 1 heterocycles. The van der Waals surface area contributed by atoms with Gasteiger partial charge in [0.2, 0.25) is 11.8 Å². The van der Waals surface area contributed by atoms with Gasteiger partial charge in [0.25, 0.3) is 0 Å². The largest absolute Gasteiger partial charge is 0.490 e. The number of fused-ring (bicyclic) bond motifs is 1. The standard InChI is InChI=1S/C22H26N2O4/c1-3-11-27-19-10-9-15(13-20(19)28-12-4-2)23-21(25)14-17-16-7-5-6-8-18(16)24-22(17)26/h5-10,13,17H,3-4,11-12,14H2,1-2H3,(H,23,25)(H,24,26)/t17-/m1/s1. The highest BCUT2D eigenvalue weighted by atomic mass is 16.5. The molecule has 1 aliphatic heterocycles. The highest BCUT2D eigenvalue weighted by Gasteiger charge is 2.31. The predicted octanol–water partition coefficient (Wildman–Crippen LogP) is 4.33. The molecule has 1 aliphatic rings. The van der Waals surface area contributed by atoms with Gasteiger partial charge in [0.05, 0.1) is 19.1 Å². The molecule has 148 valence electrons. The maximum absolute atomic E-state index is 12.5. The third-order valence-corrected chi connectivity index (χ3v) is 4.45. The first kappa shape index (κ1) is 19.7. The molecule has 3 rings (SSSR count). The number of ether oxygens (including phenoxy) is 2. The Balaban J connectivity index is 1.69. The Labute approximate surface area is 165 Å². The van der Waals surface area contributed by atoms with Crippen LogP contribution in [0.2, 0.25) is 0 Å². The van der Waals surface area contributed by atoms with Gasteiger partial charge in [0, 0.05) is 23.9 Å². The van der Waals surface area contributed by atoms with Crippen LogP contribution >= 0.6 is 0 Å². The van der Waals surface area contributed by atoms with Crippen LogP contribution < -0.4 is 20.1 Å². The number of para-hydroxylation sites is 1. The van der Waals surface area contributed by atoms with Gasteiger partial charge >= 0.3 is 0 Å². The van der Waals surface area contributed by atoms with Crippen molar-refractivity contribution in [1.29, 1.82) is 0 Å². The number of hydrogen-bond acceptors (Lipinski definition) is 4. The molecule has 0 saturated heterocycles. The molecular formula is C22H26N2O4. The van der Waals surface area contributed by atoms with Crippen LogP contribution in [0, 0.1) is 0 Å². The lowest BCUT2D eigenvalue weighted by atomic mass is 9.97. The lowest BCUT2D eigenvalue weighted by Crippen LogP contribution is -2.20. The molecule has 2 N–H and O–H groups in total. The van der Waals surface area contributed by atoms with Crippen molar-refractivity contribution in [3.05, 3.63) is 48.0 Å². The van der Waals surface area contributed by atoms with Crippen molar-refractivity contribution in [2.45, 2.75) is 39.0 Å². The van der Waals surface area contributed by atoms with E-state index < -0.39 is 5.92 Å². The summed E-state index contributed by atoms with van der Waals surface area (Å²) in [5.74, 6) is 0.431. The van der Waals surface area contributed by atoms with Crippen LogP contribution in [-0.2, 0) is 9.59 Å². The van der Waals surface area contributed by atoms with Crippen LogP contribution in [0.4, 0.5) is 11.4 Å². The van der Waals surface area contributed by atoms with Gasteiger partial charge in [-0.3, -0.25) is 9.59 Å². The Bertz CT molecular complexity index is 850. The molecule has 0 fully saturated rings. The topological polar surface area (TPSA) is 76.7 Å². The third kappa shape index (κ3) is 4.63. The zero-order valence-electron chi connectivity index (χ0n) is 16.3. The maximum atomic E-state index is 12.5. The minimum absolute atomic E-state index is 0.0854. The average Bonchev–Trinajstić information content (AvgIpc) is 3.00. The van der Waals surface area contributed by atoms with Crippen molar-refractivity contribution >= 4 is 23.2 Å². The summed E-state index contributed by atoms with van der Waals surface area (Å²) in [4.78, 5) is 24.8. The number of anilines is 2. The molecule has 2 aromatic carbocycles. The van der Waals surface area contributed by atoms with Gasteiger partial charge in [-0.1, -0.05) is 32.0 Å². The number of hydrogen-bond donors (Lipinski definition) is 2. The van der Waals surface area contributed by atoms with Gasteiger partial charge in [-0.25, -0.2) is 0 Å². The Morgan fingerprint density at radius 3 is 2.50 bits per heavy atom. The SMILES string of the molecule is CCCOc1ccc(NC(=O)C[C@H]2C(=O)Nc3ccccc32)cc1OCCC. The van der Waals surface area contributed by atoms with E-state index >= 15 is 0 Å². The van der Waals surface area contributed by atoms with Gasteiger partial charge in [-0.15, -0.1) is 0 Å². The second-order valence-electron chi connectivity index (χ2n) is 6.74. The van der Waals surface area contributed by atoms with Crippen LogP contribution in [0.15, 0.2) is 42.5 Å². The molecule has 1 atom stereocenters. The lowest BCUT2D eigenvalue weighted by molar-refractivity contribution is -0.122. The molecule has 6 nitrogen and oxygen atoms in total. The van der Waals surface area contributed by atoms with E-state index in [1.165, 1.54) is 0 Å². The van der Waals surface area contributed by atoms with Crippen LogP contribution in [0.3, 0.4) is 0 Å². The molecule has 28 heavy (non-hydrogen) atoms. The number of carbonyl (C=O) groups excluding carboxylic acids is 2. The molecule has 0 unspecified atom stereocenters. The summed E-state index contributed by atoms with van der Waals surface area (Å²) in [5.41, 5.74) is 2.25. The summed E-state index contributed by atoms with van der Waals surface area (Å²) in [6, 6.07) is 12.8. The van der Waals surface area contributed by atoms with Crippen molar-refractivity contribution in [1.82, 2.24) is 0 Å². The zero-order valence-corrected chi connectivity index (χ0v) is 16.3. The van der Waals surface area contributed by atoms with Crippen LogP contribution in [-0.4, -0.2) is 25.0 Å². The average molecular weight is 382 g/mol. The van der Waals surface area contributed by atoms with Crippen molar-refractivity contribution in [3.8, 4) is 11.5 Å². The van der Waals surface area contributed by atoms with Gasteiger partial charge in [0.1, 0.15) is 0 Å². The quantitative estimate of drug-likeness (QED) is 0.677. The van der Waals surface area contributed by atoms with Crippen LogP contribution in [0.5, 0.6) is 11.5 Å². The van der Waals surface area contributed by atoms with E-state index in [-0.39, 0.29) is 18.2 Å². The van der Waals surface area contributed by atoms with E-state index in [9.17, 15) is 9.59 Å². The second kappa shape index (κ2) is 9.26. The Morgan fingerprint density at radius 2 is 1.75 bits per heavy atom. The highest BCUT2D eigenvalue weighted by molar-refractivity contribution is 6.06. The Kier molecular flexibility index (Phi) is 6.53. The summed E-state index contributed by atoms with van der Waals surface area (Å²) in [6.07, 6.45) is 1.86. The van der Waals surface area contributed by atoms with Gasteiger partial charge < -0.3 is 20.1 Å². The number of benzene rings is 2. The van der Waals surface area contributed by atoms with Crippen molar-refractivity contribution in [3.63, 3.8) is 0 Å².